The van der Waals surface area contributed by atoms with Gasteiger partial charge in [-0.15, -0.1) is 6.26 Å². The lowest BCUT2D eigenvalue weighted by molar-refractivity contribution is 0.180. The SMILES string of the molecule is C/[S-](=O)=N/C(=O)Nc1c2c(cc3c1C(O)CC3)CCC2. The minimum absolute atomic E-state index is 0.529. The van der Waals surface area contributed by atoms with E-state index in [1.165, 1.54) is 11.8 Å². The third kappa shape index (κ3) is 2.33. The summed E-state index contributed by atoms with van der Waals surface area (Å²) in [6, 6.07) is 1.56. The number of amides is 2. The molecule has 6 heteroatoms. The van der Waals surface area contributed by atoms with Gasteiger partial charge in [0.25, 0.3) is 0 Å². The predicted octanol–water partition coefficient (Wildman–Crippen LogP) is 2.46. The van der Waals surface area contributed by atoms with Gasteiger partial charge in [-0.3, -0.25) is 0 Å². The summed E-state index contributed by atoms with van der Waals surface area (Å²) >= 11 is 0. The molecule has 2 N–H and O–H groups in total. The first kappa shape index (κ1) is 13.6. The molecule has 3 rings (SSSR count). The van der Waals surface area contributed by atoms with Crippen molar-refractivity contribution in [1.82, 2.24) is 0 Å². The molecular formula is C14H17N2O3S-. The first-order valence-electron chi connectivity index (χ1n) is 6.78. The summed E-state index contributed by atoms with van der Waals surface area (Å²) in [6.45, 7) is 0. The van der Waals surface area contributed by atoms with Crippen LogP contribution < -0.4 is 5.32 Å². The third-order valence-electron chi connectivity index (χ3n) is 3.99. The largest absolute Gasteiger partial charge is 0.444 e. The molecule has 0 spiro atoms. The summed E-state index contributed by atoms with van der Waals surface area (Å²) in [6.07, 6.45) is 5.33. The second-order valence-corrected chi connectivity index (χ2v) is 6.35. The van der Waals surface area contributed by atoms with Crippen LogP contribution in [-0.2, 0) is 34.1 Å². The molecule has 0 fully saturated rings. The van der Waals surface area contributed by atoms with E-state index in [-0.39, 0.29) is 0 Å². The van der Waals surface area contributed by atoms with Crippen LogP contribution in [0.2, 0.25) is 0 Å². The molecule has 20 heavy (non-hydrogen) atoms. The molecule has 2 aliphatic carbocycles. The third-order valence-corrected chi connectivity index (χ3v) is 4.41. The van der Waals surface area contributed by atoms with Gasteiger partial charge < -0.3 is 19.0 Å². The van der Waals surface area contributed by atoms with Crippen LogP contribution in [0.4, 0.5) is 10.5 Å². The van der Waals surface area contributed by atoms with Crippen LogP contribution in [0.25, 0.3) is 0 Å². The first-order chi connectivity index (χ1) is 9.56. The lowest BCUT2D eigenvalue weighted by Crippen LogP contribution is -2.12. The summed E-state index contributed by atoms with van der Waals surface area (Å²) in [5, 5.41) is 12.9. The highest BCUT2D eigenvalue weighted by Gasteiger charge is 2.29. The van der Waals surface area contributed by atoms with E-state index in [0.717, 1.165) is 42.4 Å². The minimum atomic E-state index is -1.52. The molecule has 0 aromatic heterocycles. The Hall–Kier alpha value is -1.40. The fourth-order valence-electron chi connectivity index (χ4n) is 3.24. The summed E-state index contributed by atoms with van der Waals surface area (Å²) in [5.41, 5.74) is 5.02. The summed E-state index contributed by atoms with van der Waals surface area (Å²) in [4.78, 5) is 11.8. The van der Waals surface area contributed by atoms with Crippen LogP contribution in [0.3, 0.4) is 0 Å². The molecule has 0 saturated heterocycles. The average Bonchev–Trinajstić information content (AvgIpc) is 2.95. The number of rotatable bonds is 1. The fourth-order valence-corrected chi connectivity index (χ4v) is 3.52. The van der Waals surface area contributed by atoms with E-state index >= 15 is 0 Å². The molecule has 0 saturated carbocycles. The smallest absolute Gasteiger partial charge is 0.322 e. The number of carbonyl (C=O) groups is 1. The molecule has 0 heterocycles. The number of urea groups is 1. The van der Waals surface area contributed by atoms with Crippen molar-refractivity contribution in [1.29, 1.82) is 0 Å². The van der Waals surface area contributed by atoms with E-state index in [0.29, 0.717) is 12.1 Å². The Labute approximate surface area is 119 Å². The van der Waals surface area contributed by atoms with E-state index < -0.39 is 22.7 Å². The number of nitrogens with zero attached hydrogens (tertiary/aromatic N) is 1. The molecule has 5 nitrogen and oxygen atoms in total. The number of aliphatic hydroxyl groups excluding tert-OH is 1. The standard InChI is InChI=1S/C14H17N2O3S/c1-20(19)16-14(18)15-13-10-4-2-3-8(10)7-9-5-6-11(17)12(9)13/h7,11,17H,2-6H2,1H3,(H,15,18)/q-1. The number of carbonyl (C=O) groups excluding carboxylic acids is 1. The van der Waals surface area contributed by atoms with Crippen LogP contribution in [0.15, 0.2) is 10.4 Å². The predicted molar refractivity (Wildman–Crippen MR) is 77.2 cm³/mol. The van der Waals surface area contributed by atoms with Crippen LogP contribution in [0, 0.1) is 0 Å². The van der Waals surface area contributed by atoms with Crippen molar-refractivity contribution >= 4 is 22.3 Å². The van der Waals surface area contributed by atoms with Crippen molar-refractivity contribution in [2.75, 3.05) is 11.6 Å². The molecule has 0 radical (unpaired) electrons. The number of benzene rings is 1. The van der Waals surface area contributed by atoms with Gasteiger partial charge in [-0.1, -0.05) is 6.07 Å². The van der Waals surface area contributed by atoms with Crippen molar-refractivity contribution in [2.45, 2.75) is 38.2 Å². The summed E-state index contributed by atoms with van der Waals surface area (Å²) in [7, 11) is -1.52. The molecule has 2 amide bonds. The normalized spacial score (nSPS) is 21.6. The van der Waals surface area contributed by atoms with Crippen molar-refractivity contribution in [3.8, 4) is 0 Å². The van der Waals surface area contributed by atoms with Crippen LogP contribution in [0.5, 0.6) is 0 Å². The Morgan fingerprint density at radius 1 is 1.40 bits per heavy atom. The number of fused-ring (bicyclic) bond motifs is 2. The van der Waals surface area contributed by atoms with E-state index in [1.807, 2.05) is 0 Å². The quantitative estimate of drug-likeness (QED) is 0.781. The number of hydrogen-bond acceptors (Lipinski definition) is 4. The zero-order valence-electron chi connectivity index (χ0n) is 11.3. The lowest BCUT2D eigenvalue weighted by atomic mass is 9.98. The number of hydrogen-bond donors (Lipinski definition) is 2. The van der Waals surface area contributed by atoms with E-state index in [2.05, 4.69) is 15.7 Å². The number of aliphatic hydroxyl groups is 1. The molecule has 0 bridgehead atoms. The average molecular weight is 293 g/mol. The number of aryl methyl sites for hydroxylation is 2. The van der Waals surface area contributed by atoms with Crippen molar-refractivity contribution < 1.29 is 14.1 Å². The van der Waals surface area contributed by atoms with Gasteiger partial charge in [-0.05, 0) is 48.8 Å². The lowest BCUT2D eigenvalue weighted by Gasteiger charge is -2.17. The molecule has 108 valence electrons. The molecule has 0 aliphatic heterocycles. The second kappa shape index (κ2) is 5.18. The Bertz CT molecular complexity index is 663. The molecule has 1 aromatic carbocycles. The Morgan fingerprint density at radius 3 is 2.95 bits per heavy atom. The number of anilines is 1. The molecule has 2 aliphatic rings. The van der Waals surface area contributed by atoms with E-state index in [1.54, 1.807) is 0 Å². The zero-order valence-corrected chi connectivity index (χ0v) is 12.1. The maximum Gasteiger partial charge on any atom is 0.322 e. The highest BCUT2D eigenvalue weighted by molar-refractivity contribution is 7.74. The van der Waals surface area contributed by atoms with Gasteiger partial charge >= 0.3 is 6.03 Å². The van der Waals surface area contributed by atoms with Gasteiger partial charge in [0, 0.05) is 5.56 Å². The summed E-state index contributed by atoms with van der Waals surface area (Å²) < 4.78 is 14.5. The van der Waals surface area contributed by atoms with E-state index in [4.69, 9.17) is 0 Å². The Kier molecular flexibility index (Phi) is 3.52. The summed E-state index contributed by atoms with van der Waals surface area (Å²) in [5.74, 6) is 0. The monoisotopic (exact) mass is 293 g/mol. The van der Waals surface area contributed by atoms with Gasteiger partial charge in [0.15, 0.2) is 0 Å². The zero-order chi connectivity index (χ0) is 14.3. The van der Waals surface area contributed by atoms with E-state index in [9.17, 15) is 14.1 Å². The highest BCUT2D eigenvalue weighted by Crippen LogP contribution is 2.42. The highest BCUT2D eigenvalue weighted by atomic mass is 32.2. The minimum Gasteiger partial charge on any atom is -0.444 e. The number of nitrogens with one attached hydrogen (secondary N) is 1. The Morgan fingerprint density at radius 2 is 2.20 bits per heavy atom. The maximum atomic E-state index is 11.8. The molecule has 1 atom stereocenters. The topological polar surface area (TPSA) is 78.8 Å². The molecular weight excluding hydrogens is 276 g/mol. The maximum absolute atomic E-state index is 11.8. The molecule has 1 unspecified atom stereocenters. The van der Waals surface area contributed by atoms with Crippen LogP contribution in [0.1, 0.15) is 41.2 Å². The molecule has 1 aromatic rings. The van der Waals surface area contributed by atoms with Gasteiger partial charge in [0.1, 0.15) is 0 Å². The van der Waals surface area contributed by atoms with Gasteiger partial charge in [0.05, 0.1) is 11.8 Å². The van der Waals surface area contributed by atoms with Gasteiger partial charge in [-0.25, -0.2) is 4.79 Å². The van der Waals surface area contributed by atoms with Crippen LogP contribution >= 0.6 is 0 Å². The Balaban J connectivity index is 2.07. The van der Waals surface area contributed by atoms with Gasteiger partial charge in [-0.2, -0.15) is 10.6 Å². The van der Waals surface area contributed by atoms with Crippen molar-refractivity contribution in [3.05, 3.63) is 28.3 Å². The van der Waals surface area contributed by atoms with Crippen LogP contribution in [-0.4, -0.2) is 17.4 Å². The second-order valence-electron chi connectivity index (χ2n) is 5.32. The fraction of sp³-hybridized carbons (Fsp3) is 0.500. The van der Waals surface area contributed by atoms with Crippen molar-refractivity contribution in [3.63, 3.8) is 0 Å². The van der Waals surface area contributed by atoms with Gasteiger partial charge in [0.2, 0.25) is 0 Å². The first-order valence-corrected chi connectivity index (χ1v) is 8.29. The van der Waals surface area contributed by atoms with Crippen molar-refractivity contribution in [2.24, 2.45) is 4.36 Å².